The first-order valence-electron chi connectivity index (χ1n) is 12.5. The summed E-state index contributed by atoms with van der Waals surface area (Å²) in [5.74, 6) is -3.81. The van der Waals surface area contributed by atoms with Gasteiger partial charge in [0.05, 0.1) is 48.0 Å². The summed E-state index contributed by atoms with van der Waals surface area (Å²) in [7, 11) is 5.29. The number of rotatable bonds is 8. The predicted molar refractivity (Wildman–Crippen MR) is 148 cm³/mol. The van der Waals surface area contributed by atoms with E-state index < -0.39 is 23.2 Å². The first-order chi connectivity index (χ1) is 19.2. The van der Waals surface area contributed by atoms with Crippen LogP contribution in [-0.4, -0.2) is 40.5 Å². The second-order valence-electron chi connectivity index (χ2n) is 9.13. The molecule has 3 aromatic heterocycles. The van der Waals surface area contributed by atoms with E-state index >= 15 is 0 Å². The minimum Gasteiger partial charge on any atom is -0.501 e. The molecule has 0 fully saturated rings. The number of aromatic nitrogens is 3. The maximum Gasteiger partial charge on any atom is 0.209 e. The molecule has 7 nitrogen and oxygen atoms in total. The van der Waals surface area contributed by atoms with Gasteiger partial charge < -0.3 is 23.8 Å². The summed E-state index contributed by atoms with van der Waals surface area (Å²) in [5.41, 5.74) is 4.79. The van der Waals surface area contributed by atoms with Crippen LogP contribution >= 0.6 is 0 Å². The number of fused-ring (bicyclic) bond motifs is 2. The maximum atomic E-state index is 14.0. The summed E-state index contributed by atoms with van der Waals surface area (Å²) in [6.45, 7) is 4.19. The second kappa shape index (κ2) is 10.4. The zero-order chi connectivity index (χ0) is 28.7. The quantitative estimate of drug-likeness (QED) is 0.136. The molecule has 0 unspecified atom stereocenters. The Morgan fingerprint density at radius 1 is 1.15 bits per heavy atom. The molecule has 10 heteroatoms. The monoisotopic (exact) mass is 548 g/mol. The highest BCUT2D eigenvalue weighted by Crippen LogP contribution is 2.44. The van der Waals surface area contributed by atoms with Crippen LogP contribution in [0.2, 0.25) is 0 Å². The van der Waals surface area contributed by atoms with Crippen LogP contribution in [-0.2, 0) is 11.8 Å². The molecule has 2 aromatic carbocycles. The van der Waals surface area contributed by atoms with Gasteiger partial charge in [-0.25, -0.2) is 18.2 Å². The minimum atomic E-state index is -1.63. The number of halogens is 3. The number of ether oxygens (including phenoxy) is 2. The van der Waals surface area contributed by atoms with Crippen molar-refractivity contribution >= 4 is 34.1 Å². The third kappa shape index (κ3) is 4.25. The van der Waals surface area contributed by atoms with Crippen LogP contribution in [0.5, 0.6) is 5.75 Å². The number of pyridine rings is 1. The molecule has 0 radical (unpaired) electrons. The Morgan fingerprint density at radius 3 is 2.52 bits per heavy atom. The summed E-state index contributed by atoms with van der Waals surface area (Å²) in [5, 5.41) is 3.27. The third-order valence-electron chi connectivity index (χ3n) is 6.91. The summed E-state index contributed by atoms with van der Waals surface area (Å²) < 4.78 is 56.5. The van der Waals surface area contributed by atoms with Crippen LogP contribution in [0.25, 0.3) is 33.8 Å². The van der Waals surface area contributed by atoms with Gasteiger partial charge >= 0.3 is 0 Å². The second-order valence-corrected chi connectivity index (χ2v) is 9.13. The lowest BCUT2D eigenvalue weighted by Gasteiger charge is -2.17. The van der Waals surface area contributed by atoms with Crippen molar-refractivity contribution in [3.05, 3.63) is 89.0 Å². The van der Waals surface area contributed by atoms with Gasteiger partial charge in [0.25, 0.3) is 0 Å². The molecule has 5 rings (SSSR count). The van der Waals surface area contributed by atoms with Gasteiger partial charge in [0.1, 0.15) is 17.1 Å². The fourth-order valence-electron chi connectivity index (χ4n) is 4.93. The Bertz CT molecular complexity index is 1800. The zero-order valence-corrected chi connectivity index (χ0v) is 22.6. The van der Waals surface area contributed by atoms with Crippen molar-refractivity contribution in [1.82, 2.24) is 14.0 Å². The maximum absolute atomic E-state index is 14.0. The number of methoxy groups -OCH3 is 1. The van der Waals surface area contributed by atoms with Crippen LogP contribution in [0.3, 0.4) is 0 Å². The lowest BCUT2D eigenvalue weighted by atomic mass is 9.99. The standard InChI is InChI=1S/C30H27F3N4O3/c1-6-40-11-9-17-14-23(30(38)18-12-20(31)26(33)21(32)13-18)37-10-7-8-19(29(17)37)25-24(39-5)15-22-27(28(25)34-3)35-16(2)36(22)4/h7-15,34H,6H2,1-5H3. The average molecular weight is 549 g/mol. The Hall–Kier alpha value is -4.73. The number of imidazole rings is 1. The molecule has 0 aliphatic rings. The van der Waals surface area contributed by atoms with E-state index in [4.69, 9.17) is 14.5 Å². The smallest absolute Gasteiger partial charge is 0.209 e. The molecule has 5 aromatic rings. The molecule has 0 amide bonds. The van der Waals surface area contributed by atoms with E-state index in [1.807, 2.05) is 37.6 Å². The Labute approximate surface area is 228 Å². The number of hydrogen-bond donors (Lipinski definition) is 1. The summed E-state index contributed by atoms with van der Waals surface area (Å²) in [6.07, 6.45) is 4.90. The number of nitrogens with zero attached hydrogens (tertiary/aromatic N) is 3. The molecule has 0 aliphatic carbocycles. The van der Waals surface area contributed by atoms with Crippen LogP contribution in [0.1, 0.15) is 34.4 Å². The lowest BCUT2D eigenvalue weighted by Crippen LogP contribution is -2.08. The van der Waals surface area contributed by atoms with E-state index in [0.717, 1.165) is 22.5 Å². The average Bonchev–Trinajstić information content (AvgIpc) is 3.46. The summed E-state index contributed by atoms with van der Waals surface area (Å²) >= 11 is 0. The molecular weight excluding hydrogens is 521 g/mol. The summed E-state index contributed by atoms with van der Waals surface area (Å²) in [6, 6.07) is 8.54. The van der Waals surface area contributed by atoms with Crippen molar-refractivity contribution in [3.8, 4) is 16.9 Å². The van der Waals surface area contributed by atoms with Gasteiger partial charge in [-0.15, -0.1) is 0 Å². The molecule has 0 saturated carbocycles. The highest BCUT2D eigenvalue weighted by molar-refractivity contribution is 6.11. The van der Waals surface area contributed by atoms with Crippen molar-refractivity contribution in [2.45, 2.75) is 13.8 Å². The van der Waals surface area contributed by atoms with E-state index in [9.17, 15) is 18.0 Å². The third-order valence-corrected chi connectivity index (χ3v) is 6.91. The van der Waals surface area contributed by atoms with Crippen molar-refractivity contribution in [2.24, 2.45) is 7.05 Å². The normalized spacial score (nSPS) is 11.6. The number of ketones is 1. The fraction of sp³-hybridized carbons (Fsp3) is 0.200. The molecule has 0 bridgehead atoms. The van der Waals surface area contributed by atoms with E-state index in [0.29, 0.717) is 46.7 Å². The van der Waals surface area contributed by atoms with Gasteiger partial charge in [0, 0.05) is 43.0 Å². The van der Waals surface area contributed by atoms with Crippen molar-refractivity contribution in [2.75, 3.05) is 26.1 Å². The first-order valence-corrected chi connectivity index (χ1v) is 12.5. The number of carbonyl (C=O) groups is 1. The Kier molecular flexibility index (Phi) is 7.01. The SMILES string of the molecule is CCOC=Cc1cc(C(=O)c2cc(F)c(F)c(F)c2)n2cccc(-c3c(OC)cc4c(nc(C)n4C)c3NC)c12. The molecular formula is C30H27F3N4O3. The number of carbonyl (C=O) groups excluding carboxylic acids is 1. The zero-order valence-electron chi connectivity index (χ0n) is 22.6. The van der Waals surface area contributed by atoms with E-state index in [1.54, 1.807) is 43.0 Å². The number of benzene rings is 2. The van der Waals surface area contributed by atoms with Crippen molar-refractivity contribution in [1.29, 1.82) is 0 Å². The number of aryl methyl sites for hydroxylation is 2. The largest absolute Gasteiger partial charge is 0.501 e. The minimum absolute atomic E-state index is 0.123. The van der Waals surface area contributed by atoms with Crippen molar-refractivity contribution in [3.63, 3.8) is 0 Å². The fourth-order valence-corrected chi connectivity index (χ4v) is 4.93. The van der Waals surface area contributed by atoms with Gasteiger partial charge in [-0.2, -0.15) is 0 Å². The first kappa shape index (κ1) is 26.9. The van der Waals surface area contributed by atoms with Crippen molar-refractivity contribution < 1.29 is 27.4 Å². The topological polar surface area (TPSA) is 69.8 Å². The molecule has 1 N–H and O–H groups in total. The number of hydrogen-bond acceptors (Lipinski definition) is 5. The van der Waals surface area contributed by atoms with Gasteiger partial charge in [-0.05, 0) is 44.2 Å². The van der Waals surface area contributed by atoms with E-state index in [-0.39, 0.29) is 11.3 Å². The summed E-state index contributed by atoms with van der Waals surface area (Å²) in [4.78, 5) is 18.3. The van der Waals surface area contributed by atoms with E-state index in [2.05, 4.69) is 5.32 Å². The molecule has 206 valence electrons. The highest BCUT2D eigenvalue weighted by Gasteiger charge is 2.25. The molecule has 3 heterocycles. The van der Waals surface area contributed by atoms with Gasteiger partial charge in [-0.3, -0.25) is 4.79 Å². The van der Waals surface area contributed by atoms with E-state index in [1.165, 1.54) is 6.26 Å². The predicted octanol–water partition coefficient (Wildman–Crippen LogP) is 6.51. The number of anilines is 1. The van der Waals surface area contributed by atoms with Crippen LogP contribution < -0.4 is 10.1 Å². The molecule has 0 saturated heterocycles. The van der Waals surface area contributed by atoms with Crippen LogP contribution in [0.15, 0.2) is 48.9 Å². The lowest BCUT2D eigenvalue weighted by molar-refractivity contribution is 0.103. The molecule has 0 atom stereocenters. The number of nitrogens with one attached hydrogen (secondary N) is 1. The van der Waals surface area contributed by atoms with Gasteiger partial charge in [0.15, 0.2) is 17.5 Å². The van der Waals surface area contributed by atoms with Gasteiger partial charge in [0.2, 0.25) is 5.78 Å². The molecule has 40 heavy (non-hydrogen) atoms. The van der Waals surface area contributed by atoms with Crippen LogP contribution in [0.4, 0.5) is 18.9 Å². The molecule has 0 aliphatic heterocycles. The van der Waals surface area contributed by atoms with Gasteiger partial charge in [-0.1, -0.05) is 6.07 Å². The Balaban J connectivity index is 1.83. The molecule has 0 spiro atoms. The Morgan fingerprint density at radius 2 is 1.88 bits per heavy atom. The highest BCUT2D eigenvalue weighted by atomic mass is 19.2. The van der Waals surface area contributed by atoms with Crippen LogP contribution in [0, 0.1) is 24.4 Å².